The predicted molar refractivity (Wildman–Crippen MR) is 66.3 cm³/mol. The van der Waals surface area contributed by atoms with E-state index in [2.05, 4.69) is 30.9 Å². The number of ether oxygens (including phenoxy) is 1. The molecule has 2 aromatic heterocycles. The Morgan fingerprint density at radius 2 is 2.29 bits per heavy atom. The molecule has 2 aromatic rings. The Labute approximate surface area is 106 Å². The molecule has 1 saturated heterocycles. The molecule has 1 aliphatic heterocycles. The van der Waals surface area contributed by atoms with Gasteiger partial charge in [0.1, 0.15) is 12.6 Å². The first-order chi connectivity index (χ1) is 8.27. The molecular weight excluding hydrogens is 286 g/mol. The lowest BCUT2D eigenvalue weighted by Gasteiger charge is -2.24. The summed E-state index contributed by atoms with van der Waals surface area (Å²) in [6.45, 7) is 0.775. The lowest BCUT2D eigenvalue weighted by molar-refractivity contribution is -0.0311. The second kappa shape index (κ2) is 4.23. The molecule has 6 nitrogen and oxygen atoms in total. The lowest BCUT2D eigenvalue weighted by atomic mass is 10.2. The highest BCUT2D eigenvalue weighted by Crippen LogP contribution is 2.30. The van der Waals surface area contributed by atoms with Crippen molar-refractivity contribution in [3.8, 4) is 0 Å². The van der Waals surface area contributed by atoms with Crippen molar-refractivity contribution in [3.63, 3.8) is 0 Å². The molecule has 0 aliphatic carbocycles. The number of hydrogen-bond acceptors (Lipinski definition) is 5. The number of nitrogens with two attached hydrogens (primary N) is 1. The van der Waals surface area contributed by atoms with Crippen LogP contribution in [0.5, 0.6) is 0 Å². The minimum absolute atomic E-state index is 0.0163. The van der Waals surface area contributed by atoms with E-state index in [-0.39, 0.29) is 6.23 Å². The second-order valence-corrected chi connectivity index (χ2v) is 4.71. The Balaban J connectivity index is 2.14. The molecule has 0 bridgehead atoms. The summed E-state index contributed by atoms with van der Waals surface area (Å²) < 4.78 is 8.37. The minimum atomic E-state index is -0.0163. The highest BCUT2D eigenvalue weighted by Gasteiger charge is 2.22. The SMILES string of the molecule is Nc1ncnc2c1nc(Br)n2[C@H]1CCCCO1. The zero-order chi connectivity index (χ0) is 11.8. The van der Waals surface area contributed by atoms with Crippen molar-refractivity contribution in [1.82, 2.24) is 19.5 Å². The van der Waals surface area contributed by atoms with Gasteiger partial charge >= 0.3 is 0 Å². The first-order valence-electron chi connectivity index (χ1n) is 5.53. The summed E-state index contributed by atoms with van der Waals surface area (Å²) in [5.74, 6) is 0.394. The molecule has 7 heteroatoms. The average molecular weight is 298 g/mol. The van der Waals surface area contributed by atoms with E-state index in [1.165, 1.54) is 6.33 Å². The van der Waals surface area contributed by atoms with Crippen molar-refractivity contribution in [2.45, 2.75) is 25.5 Å². The van der Waals surface area contributed by atoms with E-state index in [1.807, 2.05) is 4.57 Å². The van der Waals surface area contributed by atoms with E-state index in [0.29, 0.717) is 16.1 Å². The molecule has 1 fully saturated rings. The van der Waals surface area contributed by atoms with Gasteiger partial charge in [-0.15, -0.1) is 0 Å². The molecule has 0 unspecified atom stereocenters. The molecule has 17 heavy (non-hydrogen) atoms. The summed E-state index contributed by atoms with van der Waals surface area (Å²) in [5.41, 5.74) is 7.12. The van der Waals surface area contributed by atoms with Crippen molar-refractivity contribution in [1.29, 1.82) is 0 Å². The highest BCUT2D eigenvalue weighted by atomic mass is 79.9. The van der Waals surface area contributed by atoms with Gasteiger partial charge in [0.25, 0.3) is 0 Å². The highest BCUT2D eigenvalue weighted by molar-refractivity contribution is 9.10. The first kappa shape index (κ1) is 10.9. The van der Waals surface area contributed by atoms with Crippen LogP contribution in [-0.4, -0.2) is 26.1 Å². The van der Waals surface area contributed by atoms with Crippen LogP contribution in [-0.2, 0) is 4.74 Å². The van der Waals surface area contributed by atoms with Crippen molar-refractivity contribution in [2.75, 3.05) is 12.3 Å². The monoisotopic (exact) mass is 297 g/mol. The van der Waals surface area contributed by atoms with Crippen LogP contribution in [0, 0.1) is 0 Å². The third kappa shape index (κ3) is 1.79. The Morgan fingerprint density at radius 1 is 1.41 bits per heavy atom. The fourth-order valence-corrected chi connectivity index (χ4v) is 2.66. The maximum absolute atomic E-state index is 5.78. The molecule has 0 saturated carbocycles. The van der Waals surface area contributed by atoms with Gasteiger partial charge in [-0.3, -0.25) is 4.57 Å². The molecular formula is C10H12BrN5O. The van der Waals surface area contributed by atoms with Crippen LogP contribution in [0.2, 0.25) is 0 Å². The van der Waals surface area contributed by atoms with E-state index in [4.69, 9.17) is 10.5 Å². The van der Waals surface area contributed by atoms with Crippen LogP contribution < -0.4 is 5.73 Å². The topological polar surface area (TPSA) is 78.9 Å². The van der Waals surface area contributed by atoms with Crippen LogP contribution in [0.1, 0.15) is 25.5 Å². The van der Waals surface area contributed by atoms with E-state index >= 15 is 0 Å². The van der Waals surface area contributed by atoms with Gasteiger partial charge in [0.05, 0.1) is 0 Å². The molecule has 3 rings (SSSR count). The number of nitrogens with zero attached hydrogens (tertiary/aromatic N) is 4. The third-order valence-electron chi connectivity index (χ3n) is 2.91. The van der Waals surface area contributed by atoms with Crippen LogP contribution in [0.25, 0.3) is 11.2 Å². The zero-order valence-electron chi connectivity index (χ0n) is 9.14. The van der Waals surface area contributed by atoms with Crippen molar-refractivity contribution >= 4 is 32.9 Å². The maximum atomic E-state index is 5.78. The number of rotatable bonds is 1. The van der Waals surface area contributed by atoms with E-state index in [9.17, 15) is 0 Å². The fraction of sp³-hybridized carbons (Fsp3) is 0.500. The molecule has 2 N–H and O–H groups in total. The van der Waals surface area contributed by atoms with Gasteiger partial charge in [-0.05, 0) is 35.2 Å². The Morgan fingerprint density at radius 3 is 3.06 bits per heavy atom. The van der Waals surface area contributed by atoms with E-state index in [1.54, 1.807) is 0 Å². The van der Waals surface area contributed by atoms with Crippen LogP contribution in [0.3, 0.4) is 0 Å². The average Bonchev–Trinajstić information content (AvgIpc) is 2.68. The Kier molecular flexibility index (Phi) is 2.71. The van der Waals surface area contributed by atoms with Crippen molar-refractivity contribution in [2.24, 2.45) is 0 Å². The van der Waals surface area contributed by atoms with Crippen molar-refractivity contribution in [3.05, 3.63) is 11.1 Å². The summed E-state index contributed by atoms with van der Waals surface area (Å²) >= 11 is 3.43. The molecule has 0 amide bonds. The lowest BCUT2D eigenvalue weighted by Crippen LogP contribution is -2.18. The fourth-order valence-electron chi connectivity index (χ4n) is 2.08. The number of imidazole rings is 1. The van der Waals surface area contributed by atoms with Gasteiger partial charge in [0.15, 0.2) is 21.7 Å². The number of anilines is 1. The van der Waals surface area contributed by atoms with Crippen LogP contribution in [0.15, 0.2) is 11.1 Å². The van der Waals surface area contributed by atoms with Gasteiger partial charge in [0.2, 0.25) is 0 Å². The number of fused-ring (bicyclic) bond motifs is 1. The maximum Gasteiger partial charge on any atom is 0.181 e. The Hall–Kier alpha value is -1.21. The molecule has 1 atom stereocenters. The van der Waals surface area contributed by atoms with Gasteiger partial charge < -0.3 is 10.5 Å². The first-order valence-corrected chi connectivity index (χ1v) is 6.32. The molecule has 1 aliphatic rings. The molecule has 3 heterocycles. The van der Waals surface area contributed by atoms with E-state index < -0.39 is 0 Å². The standard InChI is InChI=1S/C10H12BrN5O/c11-10-15-7-8(12)13-5-14-9(7)16(10)6-3-1-2-4-17-6/h5-6H,1-4H2,(H2,12,13,14)/t6-/m1/s1. The van der Waals surface area contributed by atoms with E-state index in [0.717, 1.165) is 31.5 Å². The van der Waals surface area contributed by atoms with Crippen LogP contribution >= 0.6 is 15.9 Å². The smallest absolute Gasteiger partial charge is 0.181 e. The van der Waals surface area contributed by atoms with Gasteiger partial charge in [-0.25, -0.2) is 15.0 Å². The van der Waals surface area contributed by atoms with Gasteiger partial charge in [0, 0.05) is 6.61 Å². The molecule has 0 spiro atoms. The number of halogens is 1. The minimum Gasteiger partial charge on any atom is -0.382 e. The normalized spacial score (nSPS) is 20.9. The number of hydrogen-bond donors (Lipinski definition) is 1. The quantitative estimate of drug-likeness (QED) is 0.813. The summed E-state index contributed by atoms with van der Waals surface area (Å²) in [6, 6.07) is 0. The summed E-state index contributed by atoms with van der Waals surface area (Å²) in [6.07, 6.45) is 4.66. The Bertz CT molecular complexity index is 549. The molecule has 0 aromatic carbocycles. The predicted octanol–water partition coefficient (Wildman–Crippen LogP) is 1.87. The summed E-state index contributed by atoms with van der Waals surface area (Å²) in [4.78, 5) is 12.5. The molecule has 90 valence electrons. The van der Waals surface area contributed by atoms with Gasteiger partial charge in [-0.2, -0.15) is 0 Å². The van der Waals surface area contributed by atoms with Gasteiger partial charge in [-0.1, -0.05) is 0 Å². The molecule has 0 radical (unpaired) electrons. The number of nitrogen functional groups attached to an aromatic ring is 1. The van der Waals surface area contributed by atoms with Crippen LogP contribution in [0.4, 0.5) is 5.82 Å². The largest absolute Gasteiger partial charge is 0.382 e. The number of aromatic nitrogens is 4. The summed E-state index contributed by atoms with van der Waals surface area (Å²) in [7, 11) is 0. The third-order valence-corrected chi connectivity index (χ3v) is 3.47. The second-order valence-electron chi connectivity index (χ2n) is 4.00. The van der Waals surface area contributed by atoms with Crippen molar-refractivity contribution < 1.29 is 4.74 Å². The zero-order valence-corrected chi connectivity index (χ0v) is 10.7. The summed E-state index contributed by atoms with van der Waals surface area (Å²) in [5, 5.41) is 0.